The Balaban J connectivity index is 0.00000441. The monoisotopic (exact) mass is 329 g/mol. The van der Waals surface area contributed by atoms with Crippen LogP contribution in [0.15, 0.2) is 24.3 Å². The minimum Gasteiger partial charge on any atom is -0.484 e. The van der Waals surface area contributed by atoms with Crippen LogP contribution >= 0.6 is 12.4 Å². The predicted octanol–water partition coefficient (Wildman–Crippen LogP) is 1.55. The molecule has 0 saturated carbocycles. The number of nitrogens with one attached hydrogen (secondary N) is 2. The normalized spacial score (nSPS) is 12.5. The molecule has 4 N–H and O–H groups in total. The van der Waals surface area contributed by atoms with Crippen LogP contribution in [-0.2, 0) is 9.59 Å². The predicted molar refractivity (Wildman–Crippen MR) is 89.3 cm³/mol. The van der Waals surface area contributed by atoms with Gasteiger partial charge in [0.25, 0.3) is 5.91 Å². The number of hydrogen-bond acceptors (Lipinski definition) is 4. The first kappa shape index (κ1) is 20.2. The van der Waals surface area contributed by atoms with E-state index in [0.29, 0.717) is 18.0 Å². The molecular weight excluding hydrogens is 306 g/mol. The molecule has 7 heteroatoms. The molecule has 0 aliphatic heterocycles. The van der Waals surface area contributed by atoms with E-state index >= 15 is 0 Å². The smallest absolute Gasteiger partial charge is 0.257 e. The number of carbonyl (C=O) groups is 2. The van der Waals surface area contributed by atoms with Gasteiger partial charge in [-0.3, -0.25) is 9.59 Å². The minimum absolute atomic E-state index is 0. The number of anilines is 1. The second-order valence-corrected chi connectivity index (χ2v) is 4.90. The van der Waals surface area contributed by atoms with Gasteiger partial charge in [0.05, 0.1) is 5.92 Å². The van der Waals surface area contributed by atoms with Gasteiger partial charge >= 0.3 is 0 Å². The van der Waals surface area contributed by atoms with Crippen molar-refractivity contribution in [2.45, 2.75) is 26.8 Å². The first-order valence-corrected chi connectivity index (χ1v) is 7.00. The summed E-state index contributed by atoms with van der Waals surface area (Å²) in [4.78, 5) is 23.1. The molecule has 2 unspecified atom stereocenters. The maximum absolute atomic E-state index is 11.9. The van der Waals surface area contributed by atoms with E-state index in [9.17, 15) is 9.59 Å². The van der Waals surface area contributed by atoms with Gasteiger partial charge in [-0.15, -0.1) is 12.4 Å². The van der Waals surface area contributed by atoms with Crippen molar-refractivity contribution in [2.24, 2.45) is 11.7 Å². The summed E-state index contributed by atoms with van der Waals surface area (Å²) in [6, 6.07) is 6.64. The molecule has 0 bridgehead atoms. The Morgan fingerprint density at radius 2 is 1.82 bits per heavy atom. The fourth-order valence-corrected chi connectivity index (χ4v) is 1.53. The van der Waals surface area contributed by atoms with E-state index in [1.165, 1.54) is 0 Å². The second-order valence-electron chi connectivity index (χ2n) is 4.90. The molecular formula is C15H24ClN3O3. The number of halogens is 1. The standard InChI is InChI=1S/C15H23N3O3.ClH/c1-4-17-14(19)9-21-13-7-5-12(6-8-13)18-15(20)10(2)11(3)16;/h5-8,10-11H,4,9,16H2,1-3H3,(H,17,19)(H,18,20);1H. The van der Waals surface area contributed by atoms with Crippen LogP contribution in [0.25, 0.3) is 0 Å². The number of ether oxygens (including phenoxy) is 1. The zero-order valence-electron chi connectivity index (χ0n) is 13.1. The summed E-state index contributed by atoms with van der Waals surface area (Å²) < 4.78 is 5.32. The van der Waals surface area contributed by atoms with E-state index in [2.05, 4.69) is 10.6 Å². The number of amides is 2. The van der Waals surface area contributed by atoms with Crippen LogP contribution in [0.2, 0.25) is 0 Å². The molecule has 2 amide bonds. The Morgan fingerprint density at radius 1 is 1.23 bits per heavy atom. The SMILES string of the molecule is CCNC(=O)COc1ccc(NC(=O)C(C)C(C)N)cc1.Cl. The molecule has 0 saturated heterocycles. The molecule has 1 rings (SSSR count). The maximum atomic E-state index is 11.9. The van der Waals surface area contributed by atoms with Crippen molar-refractivity contribution in [3.8, 4) is 5.75 Å². The van der Waals surface area contributed by atoms with Crippen LogP contribution in [0, 0.1) is 5.92 Å². The molecule has 1 aromatic rings. The lowest BCUT2D eigenvalue weighted by molar-refractivity contribution is -0.123. The van der Waals surface area contributed by atoms with Gasteiger partial charge in [0, 0.05) is 18.3 Å². The van der Waals surface area contributed by atoms with Crippen molar-refractivity contribution in [1.82, 2.24) is 5.32 Å². The van der Waals surface area contributed by atoms with Crippen LogP contribution in [0.4, 0.5) is 5.69 Å². The van der Waals surface area contributed by atoms with Crippen LogP contribution in [-0.4, -0.2) is 31.0 Å². The average molecular weight is 330 g/mol. The van der Waals surface area contributed by atoms with Crippen molar-refractivity contribution < 1.29 is 14.3 Å². The Hall–Kier alpha value is -1.79. The van der Waals surface area contributed by atoms with Crippen molar-refractivity contribution in [3.63, 3.8) is 0 Å². The zero-order chi connectivity index (χ0) is 15.8. The lowest BCUT2D eigenvalue weighted by Gasteiger charge is -2.15. The highest BCUT2D eigenvalue weighted by Gasteiger charge is 2.16. The molecule has 0 heterocycles. The Morgan fingerprint density at radius 3 is 2.32 bits per heavy atom. The highest BCUT2D eigenvalue weighted by molar-refractivity contribution is 5.92. The van der Waals surface area contributed by atoms with Crippen LogP contribution in [0.1, 0.15) is 20.8 Å². The van der Waals surface area contributed by atoms with Crippen LogP contribution in [0.5, 0.6) is 5.75 Å². The third kappa shape index (κ3) is 6.78. The number of nitrogens with two attached hydrogens (primary N) is 1. The number of rotatable bonds is 7. The molecule has 0 spiro atoms. The van der Waals surface area contributed by atoms with E-state index in [-0.39, 0.29) is 42.8 Å². The summed E-state index contributed by atoms with van der Waals surface area (Å²) in [5.41, 5.74) is 6.35. The van der Waals surface area contributed by atoms with Crippen molar-refractivity contribution in [3.05, 3.63) is 24.3 Å². The number of hydrogen-bond donors (Lipinski definition) is 3. The van der Waals surface area contributed by atoms with Gasteiger partial charge < -0.3 is 21.1 Å². The molecule has 6 nitrogen and oxygen atoms in total. The number of carbonyl (C=O) groups excluding carboxylic acids is 2. The lowest BCUT2D eigenvalue weighted by Crippen LogP contribution is -2.34. The highest BCUT2D eigenvalue weighted by atomic mass is 35.5. The van der Waals surface area contributed by atoms with E-state index in [1.807, 2.05) is 6.92 Å². The van der Waals surface area contributed by atoms with Crippen molar-refractivity contribution in [2.75, 3.05) is 18.5 Å². The average Bonchev–Trinajstić information content (AvgIpc) is 2.45. The van der Waals surface area contributed by atoms with Gasteiger partial charge in [-0.1, -0.05) is 6.92 Å². The van der Waals surface area contributed by atoms with E-state index in [1.54, 1.807) is 38.1 Å². The number of likely N-dealkylation sites (N-methyl/N-ethyl adjacent to an activating group) is 1. The van der Waals surface area contributed by atoms with Gasteiger partial charge in [-0.2, -0.15) is 0 Å². The third-order valence-corrected chi connectivity index (χ3v) is 3.07. The first-order valence-electron chi connectivity index (χ1n) is 7.00. The van der Waals surface area contributed by atoms with E-state index < -0.39 is 0 Å². The van der Waals surface area contributed by atoms with Gasteiger partial charge in [0.1, 0.15) is 5.75 Å². The van der Waals surface area contributed by atoms with Gasteiger partial charge in [0.15, 0.2) is 6.61 Å². The molecule has 2 atom stereocenters. The Labute approximate surface area is 137 Å². The van der Waals surface area contributed by atoms with Gasteiger partial charge in [0.2, 0.25) is 5.91 Å². The fraction of sp³-hybridized carbons (Fsp3) is 0.467. The Kier molecular flexibility index (Phi) is 9.21. The van der Waals surface area contributed by atoms with E-state index in [4.69, 9.17) is 10.5 Å². The topological polar surface area (TPSA) is 93.5 Å². The van der Waals surface area contributed by atoms with Gasteiger partial charge in [-0.25, -0.2) is 0 Å². The van der Waals surface area contributed by atoms with Crippen molar-refractivity contribution in [1.29, 1.82) is 0 Å². The number of benzene rings is 1. The highest BCUT2D eigenvalue weighted by Crippen LogP contribution is 2.16. The summed E-state index contributed by atoms with van der Waals surface area (Å²) >= 11 is 0. The van der Waals surface area contributed by atoms with Gasteiger partial charge in [-0.05, 0) is 38.1 Å². The molecule has 0 fully saturated rings. The third-order valence-electron chi connectivity index (χ3n) is 3.07. The second kappa shape index (κ2) is 10.0. The van der Waals surface area contributed by atoms with Crippen LogP contribution in [0.3, 0.4) is 0 Å². The molecule has 0 radical (unpaired) electrons. The maximum Gasteiger partial charge on any atom is 0.257 e. The summed E-state index contributed by atoms with van der Waals surface area (Å²) in [6.45, 7) is 5.97. The van der Waals surface area contributed by atoms with Crippen LogP contribution < -0.4 is 21.1 Å². The zero-order valence-corrected chi connectivity index (χ0v) is 13.9. The molecule has 0 aliphatic carbocycles. The summed E-state index contributed by atoms with van der Waals surface area (Å²) in [6.07, 6.45) is 0. The van der Waals surface area contributed by atoms with Crippen molar-refractivity contribution >= 4 is 29.9 Å². The lowest BCUT2D eigenvalue weighted by atomic mass is 10.0. The first-order chi connectivity index (χ1) is 9.93. The Bertz CT molecular complexity index is 477. The quantitative estimate of drug-likeness (QED) is 0.707. The summed E-state index contributed by atoms with van der Waals surface area (Å²) in [5, 5.41) is 5.43. The molecule has 0 aromatic heterocycles. The molecule has 124 valence electrons. The molecule has 22 heavy (non-hydrogen) atoms. The summed E-state index contributed by atoms with van der Waals surface area (Å²) in [7, 11) is 0. The molecule has 1 aromatic carbocycles. The summed E-state index contributed by atoms with van der Waals surface area (Å²) in [5.74, 6) is 0.0137. The fourth-order valence-electron chi connectivity index (χ4n) is 1.53. The molecule has 0 aliphatic rings. The largest absolute Gasteiger partial charge is 0.484 e. The van der Waals surface area contributed by atoms with E-state index in [0.717, 1.165) is 0 Å². The minimum atomic E-state index is -0.265.